The third-order valence-corrected chi connectivity index (χ3v) is 5.92. The Hall–Kier alpha value is -3.45. The molecule has 0 fully saturated rings. The highest BCUT2D eigenvalue weighted by Gasteiger charge is 2.20. The molecule has 0 aliphatic carbocycles. The lowest BCUT2D eigenvalue weighted by atomic mass is 10.2. The molecule has 4 rings (SSSR count). The maximum Gasteiger partial charge on any atom is 0.266 e. The van der Waals surface area contributed by atoms with Gasteiger partial charge in [-0.25, -0.2) is 4.98 Å². The first kappa shape index (κ1) is 18.9. The van der Waals surface area contributed by atoms with E-state index in [0.717, 1.165) is 11.1 Å². The predicted octanol–water partition coefficient (Wildman–Crippen LogP) is 4.08. The molecule has 0 spiro atoms. The van der Waals surface area contributed by atoms with E-state index < -0.39 is 0 Å². The minimum Gasteiger partial charge on any atom is -0.506 e. The molecule has 0 saturated carbocycles. The molecule has 7 heteroatoms. The second-order valence-corrected chi connectivity index (χ2v) is 7.87. The van der Waals surface area contributed by atoms with Crippen molar-refractivity contribution in [3.8, 4) is 5.75 Å². The molecule has 1 amide bonds. The molecule has 0 bridgehead atoms. The van der Waals surface area contributed by atoms with E-state index in [1.165, 1.54) is 17.7 Å². The number of hydrogen-bond donors (Lipinski definition) is 2. The Labute approximate surface area is 171 Å². The molecule has 2 heterocycles. The Balaban J connectivity index is 1.69. The maximum atomic E-state index is 13.0. The summed E-state index contributed by atoms with van der Waals surface area (Å²) in [6, 6.07) is 14.7. The summed E-state index contributed by atoms with van der Waals surface area (Å²) in [5.41, 5.74) is 2.63. The van der Waals surface area contributed by atoms with Gasteiger partial charge >= 0.3 is 0 Å². The van der Waals surface area contributed by atoms with Crippen LogP contribution in [0.1, 0.15) is 26.4 Å². The van der Waals surface area contributed by atoms with E-state index in [0.29, 0.717) is 32.9 Å². The fourth-order valence-corrected chi connectivity index (χ4v) is 4.23. The molecule has 2 aromatic carbocycles. The Kier molecular flexibility index (Phi) is 4.90. The number of aromatic hydroxyl groups is 1. The van der Waals surface area contributed by atoms with Gasteiger partial charge in [0.25, 0.3) is 11.5 Å². The molecule has 0 aliphatic rings. The topological polar surface area (TPSA) is 84.2 Å². The zero-order valence-corrected chi connectivity index (χ0v) is 16.8. The van der Waals surface area contributed by atoms with Crippen LogP contribution >= 0.6 is 11.3 Å². The van der Waals surface area contributed by atoms with Crippen LogP contribution in [0.15, 0.2) is 59.7 Å². The van der Waals surface area contributed by atoms with Crippen LogP contribution in [0.2, 0.25) is 0 Å². The number of carbonyl (C=O) groups excluding carboxylic acids is 1. The maximum absolute atomic E-state index is 13.0. The normalized spacial score (nSPS) is 11.0. The van der Waals surface area contributed by atoms with Crippen molar-refractivity contribution in [2.75, 3.05) is 5.32 Å². The van der Waals surface area contributed by atoms with Crippen LogP contribution in [0.25, 0.3) is 10.2 Å². The quantitative estimate of drug-likeness (QED) is 0.501. The number of aryl methyl sites for hydroxylation is 2. The molecule has 2 aromatic heterocycles. The van der Waals surface area contributed by atoms with Crippen LogP contribution in [0.4, 0.5) is 5.69 Å². The lowest BCUT2D eigenvalue weighted by molar-refractivity contribution is 0.102. The standard InChI is InChI=1S/C22H19N3O3S/c1-13-8-9-16(17(26)10-13)24-20(27)19-14(2)18-21(29-19)23-12-25(22(18)28)11-15-6-4-3-5-7-15/h3-10,12,26H,11H2,1-2H3,(H,24,27). The number of amides is 1. The van der Waals surface area contributed by atoms with E-state index in [1.807, 2.05) is 37.3 Å². The summed E-state index contributed by atoms with van der Waals surface area (Å²) < 4.78 is 1.55. The number of nitrogens with zero attached hydrogens (tertiary/aromatic N) is 2. The number of carbonyl (C=O) groups is 1. The summed E-state index contributed by atoms with van der Waals surface area (Å²) in [5.74, 6) is -0.376. The molecule has 0 unspecified atom stereocenters. The first-order valence-electron chi connectivity index (χ1n) is 9.07. The van der Waals surface area contributed by atoms with Crippen molar-refractivity contribution in [1.82, 2.24) is 9.55 Å². The van der Waals surface area contributed by atoms with Gasteiger partial charge in [-0.15, -0.1) is 11.3 Å². The molecule has 0 aliphatic heterocycles. The molecule has 2 N–H and O–H groups in total. The van der Waals surface area contributed by atoms with Gasteiger partial charge in [-0.2, -0.15) is 0 Å². The molecule has 0 atom stereocenters. The van der Waals surface area contributed by atoms with Crippen LogP contribution in [0, 0.1) is 13.8 Å². The molecule has 6 nitrogen and oxygen atoms in total. The number of nitrogens with one attached hydrogen (secondary N) is 1. The van der Waals surface area contributed by atoms with Gasteiger partial charge < -0.3 is 10.4 Å². The molecule has 29 heavy (non-hydrogen) atoms. The van der Waals surface area contributed by atoms with Gasteiger partial charge in [0.15, 0.2) is 0 Å². The number of benzene rings is 2. The van der Waals surface area contributed by atoms with Gasteiger partial charge in [-0.1, -0.05) is 36.4 Å². The minimum absolute atomic E-state index is 0.000422. The van der Waals surface area contributed by atoms with E-state index in [2.05, 4.69) is 10.3 Å². The van der Waals surface area contributed by atoms with Crippen molar-refractivity contribution >= 4 is 33.1 Å². The fourth-order valence-electron chi connectivity index (χ4n) is 3.19. The summed E-state index contributed by atoms with van der Waals surface area (Å²) >= 11 is 1.17. The zero-order chi connectivity index (χ0) is 20.5. The Morgan fingerprint density at radius 1 is 1.17 bits per heavy atom. The van der Waals surface area contributed by atoms with Crippen LogP contribution in [-0.2, 0) is 6.54 Å². The highest BCUT2D eigenvalue weighted by molar-refractivity contribution is 7.20. The number of anilines is 1. The van der Waals surface area contributed by atoms with Crippen molar-refractivity contribution in [2.45, 2.75) is 20.4 Å². The van der Waals surface area contributed by atoms with Gasteiger partial charge in [-0.3, -0.25) is 14.2 Å². The second kappa shape index (κ2) is 7.52. The van der Waals surface area contributed by atoms with Gasteiger partial charge in [0.2, 0.25) is 0 Å². The van der Waals surface area contributed by atoms with Crippen LogP contribution in [0.3, 0.4) is 0 Å². The van der Waals surface area contributed by atoms with Crippen LogP contribution in [-0.4, -0.2) is 20.6 Å². The molecular weight excluding hydrogens is 386 g/mol. The summed E-state index contributed by atoms with van der Waals surface area (Å²) in [7, 11) is 0. The number of aromatic nitrogens is 2. The van der Waals surface area contributed by atoms with Crippen molar-refractivity contribution in [2.24, 2.45) is 0 Å². The Morgan fingerprint density at radius 2 is 1.93 bits per heavy atom. The number of rotatable bonds is 4. The van der Waals surface area contributed by atoms with E-state index in [9.17, 15) is 14.7 Å². The van der Waals surface area contributed by atoms with Crippen LogP contribution in [0.5, 0.6) is 5.75 Å². The number of fused-ring (bicyclic) bond motifs is 1. The Bertz CT molecular complexity index is 1280. The van der Waals surface area contributed by atoms with Crippen molar-refractivity contribution in [3.63, 3.8) is 0 Å². The average molecular weight is 405 g/mol. The van der Waals surface area contributed by atoms with Gasteiger partial charge in [0.05, 0.1) is 28.8 Å². The van der Waals surface area contributed by atoms with Crippen molar-refractivity contribution in [3.05, 3.63) is 86.8 Å². The molecule has 146 valence electrons. The fraction of sp³-hybridized carbons (Fsp3) is 0.136. The number of hydrogen-bond acceptors (Lipinski definition) is 5. The summed E-state index contributed by atoms with van der Waals surface area (Å²) in [6.07, 6.45) is 1.51. The van der Waals surface area contributed by atoms with Crippen molar-refractivity contribution in [1.29, 1.82) is 0 Å². The van der Waals surface area contributed by atoms with E-state index in [4.69, 9.17) is 0 Å². The summed E-state index contributed by atoms with van der Waals surface area (Å²) in [4.78, 5) is 31.1. The average Bonchev–Trinajstić information content (AvgIpc) is 3.04. The number of phenols is 1. The first-order valence-corrected chi connectivity index (χ1v) is 9.89. The Morgan fingerprint density at radius 3 is 2.66 bits per heavy atom. The van der Waals surface area contributed by atoms with Gasteiger partial charge in [0, 0.05) is 0 Å². The highest BCUT2D eigenvalue weighted by Crippen LogP contribution is 2.29. The molecular formula is C22H19N3O3S. The molecule has 0 radical (unpaired) electrons. The van der Waals surface area contributed by atoms with E-state index >= 15 is 0 Å². The summed E-state index contributed by atoms with van der Waals surface area (Å²) in [6.45, 7) is 4.02. The largest absolute Gasteiger partial charge is 0.506 e. The second-order valence-electron chi connectivity index (χ2n) is 6.87. The van der Waals surface area contributed by atoms with Crippen LogP contribution < -0.4 is 10.9 Å². The number of phenolic OH excluding ortho intramolecular Hbond substituents is 1. The minimum atomic E-state index is -0.376. The monoisotopic (exact) mass is 405 g/mol. The van der Waals surface area contributed by atoms with Gasteiger partial charge in [0.1, 0.15) is 10.6 Å². The first-order chi connectivity index (χ1) is 13.9. The lowest BCUT2D eigenvalue weighted by Gasteiger charge is -2.07. The van der Waals surface area contributed by atoms with E-state index in [-0.39, 0.29) is 17.2 Å². The number of thiophene rings is 1. The highest BCUT2D eigenvalue weighted by atomic mass is 32.1. The third-order valence-electron chi connectivity index (χ3n) is 4.72. The molecule has 4 aromatic rings. The van der Waals surface area contributed by atoms with E-state index in [1.54, 1.807) is 29.7 Å². The predicted molar refractivity (Wildman–Crippen MR) is 115 cm³/mol. The summed E-state index contributed by atoms with van der Waals surface area (Å²) in [5, 5.41) is 13.2. The zero-order valence-electron chi connectivity index (χ0n) is 16.0. The SMILES string of the molecule is Cc1ccc(NC(=O)c2sc3ncn(Cc4ccccc4)c(=O)c3c2C)c(O)c1. The molecule has 0 saturated heterocycles. The van der Waals surface area contributed by atoms with Gasteiger partial charge in [-0.05, 0) is 42.7 Å². The third kappa shape index (κ3) is 3.64. The smallest absolute Gasteiger partial charge is 0.266 e. The lowest BCUT2D eigenvalue weighted by Crippen LogP contribution is -2.21. The van der Waals surface area contributed by atoms with Crippen molar-refractivity contribution < 1.29 is 9.90 Å².